The summed E-state index contributed by atoms with van der Waals surface area (Å²) in [6.45, 7) is 2.77. The van der Waals surface area contributed by atoms with Crippen LogP contribution in [0.25, 0.3) is 11.3 Å². The average molecular weight is 584 g/mol. The predicted molar refractivity (Wildman–Crippen MR) is 142 cm³/mol. The van der Waals surface area contributed by atoms with E-state index in [0.29, 0.717) is 30.8 Å². The van der Waals surface area contributed by atoms with Crippen molar-refractivity contribution in [3.8, 4) is 11.3 Å². The molecular formula is C23H26ClN5O5S3. The van der Waals surface area contributed by atoms with Crippen LogP contribution in [-0.4, -0.2) is 60.8 Å². The van der Waals surface area contributed by atoms with E-state index in [4.69, 9.17) is 11.6 Å². The van der Waals surface area contributed by atoms with Crippen LogP contribution >= 0.6 is 22.9 Å². The van der Waals surface area contributed by atoms with E-state index in [2.05, 4.69) is 20.3 Å². The lowest BCUT2D eigenvalue weighted by Crippen LogP contribution is -2.31. The third kappa shape index (κ3) is 6.34. The van der Waals surface area contributed by atoms with Gasteiger partial charge in [-0.2, -0.15) is 4.31 Å². The number of aromatic nitrogens is 3. The quantitative estimate of drug-likeness (QED) is 0.388. The van der Waals surface area contributed by atoms with Crippen LogP contribution in [0.2, 0.25) is 5.02 Å². The summed E-state index contributed by atoms with van der Waals surface area (Å²) in [5.74, 6) is -0.871. The molecule has 10 nitrogen and oxygen atoms in total. The lowest BCUT2D eigenvalue weighted by molar-refractivity contribution is 0.102. The molecule has 3 aromatic rings. The van der Waals surface area contributed by atoms with E-state index in [-0.39, 0.29) is 26.5 Å². The molecule has 0 bridgehead atoms. The van der Waals surface area contributed by atoms with Gasteiger partial charge in [-0.3, -0.25) is 10.1 Å². The number of thiazole rings is 1. The minimum absolute atomic E-state index is 0.0917. The molecule has 1 aromatic carbocycles. The van der Waals surface area contributed by atoms with Crippen molar-refractivity contribution in [2.24, 2.45) is 0 Å². The van der Waals surface area contributed by atoms with Crippen molar-refractivity contribution in [1.29, 1.82) is 0 Å². The highest BCUT2D eigenvalue weighted by Crippen LogP contribution is 2.28. The molecule has 0 aliphatic carbocycles. The Balaban J connectivity index is 1.49. The maximum absolute atomic E-state index is 13.0. The minimum atomic E-state index is -3.73. The fourth-order valence-corrected chi connectivity index (χ4v) is 7.44. The van der Waals surface area contributed by atoms with Gasteiger partial charge in [-0.25, -0.2) is 31.8 Å². The Bertz CT molecular complexity index is 1480. The Kier molecular flexibility index (Phi) is 8.59. The van der Waals surface area contributed by atoms with Gasteiger partial charge in [0.05, 0.1) is 27.6 Å². The third-order valence-electron chi connectivity index (χ3n) is 5.77. The van der Waals surface area contributed by atoms with Crippen LogP contribution in [0.4, 0.5) is 5.13 Å². The predicted octanol–water partition coefficient (Wildman–Crippen LogP) is 4.25. The summed E-state index contributed by atoms with van der Waals surface area (Å²) in [5.41, 5.74) is 0.949. The van der Waals surface area contributed by atoms with E-state index in [1.807, 2.05) is 0 Å². The topological polar surface area (TPSA) is 139 Å². The van der Waals surface area contributed by atoms with Gasteiger partial charge < -0.3 is 0 Å². The molecule has 198 valence electrons. The lowest BCUT2D eigenvalue weighted by Gasteiger charge is -2.19. The summed E-state index contributed by atoms with van der Waals surface area (Å²) in [7, 11) is -7.29. The zero-order chi connectivity index (χ0) is 26.6. The molecule has 0 saturated carbocycles. The van der Waals surface area contributed by atoms with Gasteiger partial charge in [-0.1, -0.05) is 43.5 Å². The smallest absolute Gasteiger partial charge is 0.277 e. The lowest BCUT2D eigenvalue weighted by atomic mass is 10.2. The van der Waals surface area contributed by atoms with Crippen LogP contribution in [-0.2, 0) is 19.9 Å². The van der Waals surface area contributed by atoms with Gasteiger partial charge in [-0.15, -0.1) is 11.3 Å². The molecule has 0 spiro atoms. The molecule has 1 amide bonds. The summed E-state index contributed by atoms with van der Waals surface area (Å²) < 4.78 is 52.1. The van der Waals surface area contributed by atoms with E-state index in [1.54, 1.807) is 40.9 Å². The molecule has 4 rings (SSSR count). The number of benzene rings is 1. The van der Waals surface area contributed by atoms with Crippen molar-refractivity contribution in [2.45, 2.75) is 49.1 Å². The molecular weight excluding hydrogens is 558 g/mol. The molecule has 0 atom stereocenters. The zero-order valence-electron chi connectivity index (χ0n) is 20.1. The number of nitrogens with zero attached hydrogens (tertiary/aromatic N) is 4. The van der Waals surface area contributed by atoms with Crippen LogP contribution in [0.3, 0.4) is 0 Å². The van der Waals surface area contributed by atoms with Gasteiger partial charge in [0.1, 0.15) is 0 Å². The van der Waals surface area contributed by atoms with Crippen LogP contribution in [0, 0.1) is 0 Å². The highest BCUT2D eigenvalue weighted by atomic mass is 35.5. The van der Waals surface area contributed by atoms with Crippen LogP contribution in [0.5, 0.6) is 0 Å². The van der Waals surface area contributed by atoms with E-state index < -0.39 is 30.9 Å². The van der Waals surface area contributed by atoms with Gasteiger partial charge >= 0.3 is 0 Å². The molecule has 1 N–H and O–H groups in total. The van der Waals surface area contributed by atoms with E-state index in [1.165, 1.54) is 0 Å². The van der Waals surface area contributed by atoms with Gasteiger partial charge in [-0.05, 0) is 31.4 Å². The molecule has 1 fully saturated rings. The fourth-order valence-electron chi connectivity index (χ4n) is 3.87. The zero-order valence-corrected chi connectivity index (χ0v) is 23.3. The molecule has 1 saturated heterocycles. The first-order valence-corrected chi connectivity index (χ1v) is 16.1. The summed E-state index contributed by atoms with van der Waals surface area (Å²) in [5, 5.41) is 3.99. The fraction of sp³-hybridized carbons (Fsp3) is 0.391. The SMILES string of the molecule is CCCS(=O)(=O)c1ncc(Cl)c(C(=O)Nc2nc(-c3ccc(S(=O)(=O)N4CCCCCC4)cc3)cs2)n1. The van der Waals surface area contributed by atoms with Gasteiger partial charge in [0, 0.05) is 24.0 Å². The van der Waals surface area contributed by atoms with Crippen molar-refractivity contribution >= 4 is 53.8 Å². The van der Waals surface area contributed by atoms with Crippen molar-refractivity contribution in [2.75, 3.05) is 24.2 Å². The number of nitrogens with one attached hydrogen (secondary N) is 1. The maximum Gasteiger partial charge on any atom is 0.277 e. The number of carbonyl (C=O) groups excluding carboxylic acids is 1. The summed E-state index contributed by atoms with van der Waals surface area (Å²) in [4.78, 5) is 25.0. The van der Waals surface area contributed by atoms with Crippen LogP contribution in [0.1, 0.15) is 49.5 Å². The molecule has 2 aromatic heterocycles. The largest absolute Gasteiger partial charge is 0.296 e. The third-order valence-corrected chi connectivity index (χ3v) is 10.4. The van der Waals surface area contributed by atoms with Crippen molar-refractivity contribution in [3.05, 3.63) is 46.6 Å². The Morgan fingerprint density at radius 3 is 2.38 bits per heavy atom. The van der Waals surface area contributed by atoms with Crippen molar-refractivity contribution in [1.82, 2.24) is 19.3 Å². The molecule has 1 aliphatic rings. The van der Waals surface area contributed by atoms with Crippen molar-refractivity contribution < 1.29 is 21.6 Å². The highest BCUT2D eigenvalue weighted by molar-refractivity contribution is 7.91. The van der Waals surface area contributed by atoms with Crippen LogP contribution in [0.15, 0.2) is 45.9 Å². The Morgan fingerprint density at radius 1 is 1.05 bits per heavy atom. The summed E-state index contributed by atoms with van der Waals surface area (Å²) >= 11 is 7.20. The first-order valence-electron chi connectivity index (χ1n) is 11.7. The summed E-state index contributed by atoms with van der Waals surface area (Å²) in [6, 6.07) is 6.48. The second kappa shape index (κ2) is 11.5. The second-order valence-corrected chi connectivity index (χ2v) is 13.7. The molecule has 14 heteroatoms. The molecule has 1 aliphatic heterocycles. The highest BCUT2D eigenvalue weighted by Gasteiger charge is 2.25. The Morgan fingerprint density at radius 2 is 1.73 bits per heavy atom. The number of amides is 1. The number of halogens is 1. The number of sulfone groups is 1. The first-order chi connectivity index (χ1) is 17.6. The molecule has 3 heterocycles. The first kappa shape index (κ1) is 27.6. The van der Waals surface area contributed by atoms with E-state index in [9.17, 15) is 21.6 Å². The number of hydrogen-bond donors (Lipinski definition) is 1. The Hall–Kier alpha value is -2.45. The normalized spacial score (nSPS) is 15.3. The molecule has 0 unspecified atom stereocenters. The minimum Gasteiger partial charge on any atom is -0.296 e. The average Bonchev–Trinajstić information content (AvgIpc) is 3.15. The van der Waals surface area contributed by atoms with Crippen molar-refractivity contribution in [3.63, 3.8) is 0 Å². The molecule has 37 heavy (non-hydrogen) atoms. The monoisotopic (exact) mass is 583 g/mol. The number of anilines is 1. The number of carbonyl (C=O) groups is 1. The number of sulfonamides is 1. The van der Waals surface area contributed by atoms with Crippen LogP contribution < -0.4 is 5.32 Å². The van der Waals surface area contributed by atoms with Gasteiger partial charge in [0.25, 0.3) is 5.91 Å². The number of rotatable bonds is 8. The standard InChI is InChI=1S/C23H26ClN5O5S3/c1-2-13-36(31,32)23-25-14-18(24)20(27-23)21(30)28-22-26-19(15-35-22)16-7-9-17(10-8-16)37(33,34)29-11-5-3-4-6-12-29/h7-10,14-15H,2-6,11-13H2,1H3,(H,26,28,30). The summed E-state index contributed by atoms with van der Waals surface area (Å²) in [6.07, 6.45) is 5.26. The van der Waals surface area contributed by atoms with E-state index in [0.717, 1.165) is 43.2 Å². The van der Waals surface area contributed by atoms with Gasteiger partial charge in [0.15, 0.2) is 10.8 Å². The van der Waals surface area contributed by atoms with E-state index >= 15 is 0 Å². The van der Waals surface area contributed by atoms with Gasteiger partial charge in [0.2, 0.25) is 25.0 Å². The Labute approximate surface area is 225 Å². The molecule has 0 radical (unpaired) electrons. The maximum atomic E-state index is 13.0. The number of hydrogen-bond acceptors (Lipinski definition) is 9. The second-order valence-electron chi connectivity index (χ2n) is 8.50.